The predicted octanol–water partition coefficient (Wildman–Crippen LogP) is 3.40. The molecule has 3 rings (SSSR count). The Morgan fingerprint density at radius 2 is 1.65 bits per heavy atom. The zero-order valence-electron chi connectivity index (χ0n) is 12.1. The van der Waals surface area contributed by atoms with Crippen molar-refractivity contribution in [3.8, 4) is 11.4 Å². The minimum Gasteiger partial charge on any atom is -0.504 e. The summed E-state index contributed by atoms with van der Waals surface area (Å²) in [7, 11) is 0. The van der Waals surface area contributed by atoms with Gasteiger partial charge in [0.15, 0.2) is 11.4 Å². The van der Waals surface area contributed by atoms with Crippen molar-refractivity contribution in [2.45, 2.75) is 6.92 Å². The zero-order valence-corrected chi connectivity index (χ0v) is 12.1. The molecule has 0 unspecified atom stereocenters. The third kappa shape index (κ3) is 2.48. The van der Waals surface area contributed by atoms with Gasteiger partial charge in [-0.05, 0) is 31.2 Å². The van der Waals surface area contributed by atoms with E-state index in [1.165, 1.54) is 17.7 Å². The lowest BCUT2D eigenvalue weighted by atomic mass is 10.1. The molecule has 1 aromatic heterocycles. The first kappa shape index (κ1) is 14.9. The SMILES string of the molecule is Cc1nn(-c2ccccc2)c(C(=O)c2c(F)cccc2F)c1O. The number of benzene rings is 2. The molecule has 0 aliphatic heterocycles. The molecule has 0 aliphatic rings. The molecule has 0 bridgehead atoms. The Kier molecular flexibility index (Phi) is 3.65. The van der Waals surface area contributed by atoms with Crippen molar-refractivity contribution in [2.24, 2.45) is 0 Å². The molecule has 0 saturated heterocycles. The highest BCUT2D eigenvalue weighted by molar-refractivity contribution is 6.10. The van der Waals surface area contributed by atoms with Gasteiger partial charge in [0.1, 0.15) is 17.3 Å². The number of ketones is 1. The van der Waals surface area contributed by atoms with Crippen LogP contribution >= 0.6 is 0 Å². The molecular weight excluding hydrogens is 302 g/mol. The maximum absolute atomic E-state index is 13.9. The molecule has 0 atom stereocenters. The number of rotatable bonds is 3. The van der Waals surface area contributed by atoms with Gasteiger partial charge in [0.2, 0.25) is 5.78 Å². The van der Waals surface area contributed by atoms with Crippen LogP contribution in [0.3, 0.4) is 0 Å². The molecule has 0 aliphatic carbocycles. The van der Waals surface area contributed by atoms with Gasteiger partial charge in [-0.2, -0.15) is 5.10 Å². The van der Waals surface area contributed by atoms with Crippen LogP contribution in [0.1, 0.15) is 21.7 Å². The first-order valence-corrected chi connectivity index (χ1v) is 6.83. The van der Waals surface area contributed by atoms with Crippen molar-refractivity contribution in [1.82, 2.24) is 9.78 Å². The number of halogens is 2. The Morgan fingerprint density at radius 1 is 1.04 bits per heavy atom. The van der Waals surface area contributed by atoms with E-state index in [1.54, 1.807) is 30.3 Å². The molecule has 0 spiro atoms. The summed E-state index contributed by atoms with van der Waals surface area (Å²) < 4.78 is 29.0. The summed E-state index contributed by atoms with van der Waals surface area (Å²) in [4.78, 5) is 12.6. The van der Waals surface area contributed by atoms with E-state index in [1.807, 2.05) is 0 Å². The highest BCUT2D eigenvalue weighted by Gasteiger charge is 2.27. The van der Waals surface area contributed by atoms with Gasteiger partial charge in [-0.25, -0.2) is 13.5 Å². The van der Waals surface area contributed by atoms with Crippen molar-refractivity contribution in [3.63, 3.8) is 0 Å². The van der Waals surface area contributed by atoms with Crippen molar-refractivity contribution < 1.29 is 18.7 Å². The van der Waals surface area contributed by atoms with Gasteiger partial charge in [-0.15, -0.1) is 0 Å². The normalized spacial score (nSPS) is 10.7. The average Bonchev–Trinajstić information content (AvgIpc) is 2.83. The summed E-state index contributed by atoms with van der Waals surface area (Å²) in [6.45, 7) is 1.50. The Balaban J connectivity index is 2.23. The number of hydrogen-bond acceptors (Lipinski definition) is 3. The molecule has 4 nitrogen and oxygen atoms in total. The lowest BCUT2D eigenvalue weighted by Crippen LogP contribution is -2.13. The van der Waals surface area contributed by atoms with E-state index >= 15 is 0 Å². The molecule has 1 heterocycles. The van der Waals surface area contributed by atoms with Gasteiger partial charge in [0.25, 0.3) is 0 Å². The molecule has 0 fully saturated rings. The summed E-state index contributed by atoms with van der Waals surface area (Å²) in [5.74, 6) is -3.36. The first-order valence-electron chi connectivity index (χ1n) is 6.83. The molecule has 0 saturated carbocycles. The van der Waals surface area contributed by atoms with E-state index in [9.17, 15) is 18.7 Å². The number of aromatic hydroxyl groups is 1. The van der Waals surface area contributed by atoms with Crippen molar-refractivity contribution >= 4 is 5.78 Å². The fourth-order valence-electron chi connectivity index (χ4n) is 2.31. The minimum atomic E-state index is -0.993. The van der Waals surface area contributed by atoms with Gasteiger partial charge in [-0.3, -0.25) is 4.79 Å². The molecule has 116 valence electrons. The maximum atomic E-state index is 13.9. The highest BCUT2D eigenvalue weighted by Crippen LogP contribution is 2.28. The molecule has 23 heavy (non-hydrogen) atoms. The average molecular weight is 314 g/mol. The Labute approximate surface area is 130 Å². The number of nitrogens with zero attached hydrogens (tertiary/aromatic N) is 2. The number of para-hydroxylation sites is 1. The van der Waals surface area contributed by atoms with Gasteiger partial charge in [0, 0.05) is 0 Å². The van der Waals surface area contributed by atoms with Crippen LogP contribution < -0.4 is 0 Å². The third-order valence-corrected chi connectivity index (χ3v) is 3.43. The zero-order chi connectivity index (χ0) is 16.6. The summed E-state index contributed by atoms with van der Waals surface area (Å²) in [5, 5.41) is 14.2. The second-order valence-corrected chi connectivity index (χ2v) is 4.96. The minimum absolute atomic E-state index is 0.189. The van der Waals surface area contributed by atoms with Crippen LogP contribution in [0.4, 0.5) is 8.78 Å². The van der Waals surface area contributed by atoms with Crippen LogP contribution in [0.5, 0.6) is 5.75 Å². The predicted molar refractivity (Wildman–Crippen MR) is 79.8 cm³/mol. The Morgan fingerprint density at radius 3 is 2.26 bits per heavy atom. The molecule has 2 aromatic carbocycles. The molecule has 0 amide bonds. The van der Waals surface area contributed by atoms with Crippen LogP contribution in [0.15, 0.2) is 48.5 Å². The van der Waals surface area contributed by atoms with Gasteiger partial charge < -0.3 is 5.11 Å². The third-order valence-electron chi connectivity index (χ3n) is 3.43. The summed E-state index contributed by atoms with van der Waals surface area (Å²) in [5.41, 5.74) is -0.317. The van der Waals surface area contributed by atoms with Crippen LogP contribution in [0, 0.1) is 18.6 Å². The van der Waals surface area contributed by atoms with Crippen molar-refractivity contribution in [1.29, 1.82) is 0 Å². The van der Waals surface area contributed by atoms with E-state index in [-0.39, 0.29) is 11.4 Å². The van der Waals surface area contributed by atoms with E-state index in [0.29, 0.717) is 5.69 Å². The molecule has 0 radical (unpaired) electrons. The summed E-state index contributed by atoms with van der Waals surface area (Å²) in [6, 6.07) is 11.7. The molecule has 3 aromatic rings. The second kappa shape index (κ2) is 5.64. The lowest BCUT2D eigenvalue weighted by molar-refractivity contribution is 0.102. The van der Waals surface area contributed by atoms with Crippen molar-refractivity contribution in [2.75, 3.05) is 0 Å². The van der Waals surface area contributed by atoms with E-state index in [0.717, 1.165) is 12.1 Å². The number of carbonyl (C=O) groups excluding carboxylic acids is 1. The van der Waals surface area contributed by atoms with E-state index < -0.39 is 28.7 Å². The standard InChI is InChI=1S/C17H12F2N2O2/c1-10-16(22)15(21(20-10)11-6-3-2-4-7-11)17(23)14-12(18)8-5-9-13(14)19/h2-9,22H,1H3. The van der Waals surface area contributed by atoms with Crippen LogP contribution in [-0.4, -0.2) is 20.7 Å². The Bertz CT molecular complexity index is 869. The molecular formula is C17H12F2N2O2. The number of carbonyl (C=O) groups is 1. The topological polar surface area (TPSA) is 55.1 Å². The largest absolute Gasteiger partial charge is 0.504 e. The Hall–Kier alpha value is -3.02. The van der Waals surface area contributed by atoms with Crippen LogP contribution in [0.25, 0.3) is 5.69 Å². The van der Waals surface area contributed by atoms with Gasteiger partial charge in [-0.1, -0.05) is 24.3 Å². The first-order chi connectivity index (χ1) is 11.0. The van der Waals surface area contributed by atoms with Gasteiger partial charge >= 0.3 is 0 Å². The monoisotopic (exact) mass is 314 g/mol. The van der Waals surface area contributed by atoms with Crippen LogP contribution in [-0.2, 0) is 0 Å². The van der Waals surface area contributed by atoms with Crippen LogP contribution in [0.2, 0.25) is 0 Å². The smallest absolute Gasteiger partial charge is 0.221 e. The molecule has 6 heteroatoms. The maximum Gasteiger partial charge on any atom is 0.221 e. The highest BCUT2D eigenvalue weighted by atomic mass is 19.1. The van der Waals surface area contributed by atoms with Gasteiger partial charge in [0.05, 0.1) is 11.3 Å². The van der Waals surface area contributed by atoms with E-state index in [2.05, 4.69) is 5.10 Å². The van der Waals surface area contributed by atoms with E-state index in [4.69, 9.17) is 0 Å². The molecule has 1 N–H and O–H groups in total. The number of hydrogen-bond donors (Lipinski definition) is 1. The summed E-state index contributed by atoms with van der Waals surface area (Å²) >= 11 is 0. The number of aromatic nitrogens is 2. The number of aryl methyl sites for hydroxylation is 1. The fourth-order valence-corrected chi connectivity index (χ4v) is 2.31. The summed E-state index contributed by atoms with van der Waals surface area (Å²) in [6.07, 6.45) is 0. The lowest BCUT2D eigenvalue weighted by Gasteiger charge is -2.08. The van der Waals surface area contributed by atoms with Crippen molar-refractivity contribution in [3.05, 3.63) is 77.1 Å². The quantitative estimate of drug-likeness (QED) is 0.754. The fraction of sp³-hybridized carbons (Fsp3) is 0.0588. The second-order valence-electron chi connectivity index (χ2n) is 4.96.